The van der Waals surface area contributed by atoms with Crippen LogP contribution in [0.15, 0.2) is 4.34 Å². The molecule has 0 amide bonds. The van der Waals surface area contributed by atoms with Gasteiger partial charge in [0.1, 0.15) is 0 Å². The molecule has 0 aliphatic heterocycles. The number of aromatic nitrogens is 2. The van der Waals surface area contributed by atoms with Gasteiger partial charge in [0.2, 0.25) is 5.13 Å². The van der Waals surface area contributed by atoms with Crippen LogP contribution in [-0.2, 0) is 0 Å². The van der Waals surface area contributed by atoms with Gasteiger partial charge in [0, 0.05) is 11.2 Å². The molecule has 0 bridgehead atoms. The molecular formula is C8H10N4S2. The van der Waals surface area contributed by atoms with E-state index in [0.29, 0.717) is 10.4 Å². The van der Waals surface area contributed by atoms with Gasteiger partial charge in [-0.3, -0.25) is 0 Å². The zero-order chi connectivity index (χ0) is 9.97. The SMILES string of the molecule is N#CC1CCC(Sc2nnc(N)s2)C1. The van der Waals surface area contributed by atoms with Crippen molar-refractivity contribution in [2.45, 2.75) is 28.9 Å². The van der Waals surface area contributed by atoms with Crippen molar-refractivity contribution in [2.24, 2.45) is 5.92 Å². The summed E-state index contributed by atoms with van der Waals surface area (Å²) >= 11 is 3.12. The van der Waals surface area contributed by atoms with Gasteiger partial charge in [-0.2, -0.15) is 5.26 Å². The van der Waals surface area contributed by atoms with Gasteiger partial charge in [-0.1, -0.05) is 23.1 Å². The number of hydrogen-bond donors (Lipinski definition) is 1. The van der Waals surface area contributed by atoms with E-state index >= 15 is 0 Å². The van der Waals surface area contributed by atoms with E-state index in [-0.39, 0.29) is 5.92 Å². The van der Waals surface area contributed by atoms with E-state index in [4.69, 9.17) is 11.0 Å². The first-order valence-electron chi connectivity index (χ1n) is 4.43. The van der Waals surface area contributed by atoms with E-state index in [2.05, 4.69) is 16.3 Å². The Bertz CT molecular complexity index is 356. The summed E-state index contributed by atoms with van der Waals surface area (Å²) in [5.41, 5.74) is 5.49. The molecule has 0 spiro atoms. The molecule has 2 atom stereocenters. The molecule has 0 radical (unpaired) electrons. The van der Waals surface area contributed by atoms with Gasteiger partial charge in [0.05, 0.1) is 6.07 Å². The average Bonchev–Trinajstić information content (AvgIpc) is 2.76. The van der Waals surface area contributed by atoms with E-state index in [1.165, 1.54) is 11.3 Å². The molecule has 6 heteroatoms. The highest BCUT2D eigenvalue weighted by Crippen LogP contribution is 2.38. The third kappa shape index (κ3) is 2.16. The third-order valence-corrected chi connectivity index (χ3v) is 4.39. The van der Waals surface area contributed by atoms with Gasteiger partial charge in [-0.05, 0) is 19.3 Å². The second kappa shape index (κ2) is 4.15. The first-order chi connectivity index (χ1) is 6.78. The zero-order valence-electron chi connectivity index (χ0n) is 7.51. The Balaban J connectivity index is 1.91. The van der Waals surface area contributed by atoms with Crippen molar-refractivity contribution in [3.8, 4) is 6.07 Å². The van der Waals surface area contributed by atoms with Crippen molar-refractivity contribution in [3.63, 3.8) is 0 Å². The topological polar surface area (TPSA) is 75.6 Å². The molecule has 1 heterocycles. The van der Waals surface area contributed by atoms with Crippen LogP contribution in [0.25, 0.3) is 0 Å². The molecule has 2 unspecified atom stereocenters. The van der Waals surface area contributed by atoms with Crippen molar-refractivity contribution in [2.75, 3.05) is 5.73 Å². The number of nitrogen functional groups attached to an aromatic ring is 1. The molecule has 1 aromatic rings. The summed E-state index contributed by atoms with van der Waals surface area (Å²) in [6, 6.07) is 2.31. The monoisotopic (exact) mass is 226 g/mol. The summed E-state index contributed by atoms with van der Waals surface area (Å²) < 4.78 is 0.922. The normalized spacial score (nSPS) is 26.2. The maximum Gasteiger partial charge on any atom is 0.203 e. The lowest BCUT2D eigenvalue weighted by molar-refractivity contribution is 0.703. The lowest BCUT2D eigenvalue weighted by Gasteiger charge is -2.03. The highest BCUT2D eigenvalue weighted by Gasteiger charge is 2.26. The summed E-state index contributed by atoms with van der Waals surface area (Å²) in [4.78, 5) is 0. The number of nitrogens with zero attached hydrogens (tertiary/aromatic N) is 3. The minimum Gasteiger partial charge on any atom is -0.374 e. The Morgan fingerprint density at radius 3 is 2.93 bits per heavy atom. The fraction of sp³-hybridized carbons (Fsp3) is 0.625. The van der Waals surface area contributed by atoms with Crippen molar-refractivity contribution in [3.05, 3.63) is 0 Å². The van der Waals surface area contributed by atoms with E-state index < -0.39 is 0 Å². The number of nitriles is 1. The van der Waals surface area contributed by atoms with Crippen LogP contribution in [0.3, 0.4) is 0 Å². The molecule has 74 valence electrons. The van der Waals surface area contributed by atoms with E-state index in [1.54, 1.807) is 11.8 Å². The van der Waals surface area contributed by atoms with Gasteiger partial charge >= 0.3 is 0 Å². The van der Waals surface area contributed by atoms with Crippen LogP contribution in [0.4, 0.5) is 5.13 Å². The van der Waals surface area contributed by atoms with Crippen molar-refractivity contribution < 1.29 is 0 Å². The van der Waals surface area contributed by atoms with Gasteiger partial charge in [-0.25, -0.2) is 0 Å². The van der Waals surface area contributed by atoms with Crippen LogP contribution >= 0.6 is 23.1 Å². The first kappa shape index (κ1) is 9.74. The second-order valence-corrected chi connectivity index (χ2v) is 5.84. The highest BCUT2D eigenvalue weighted by atomic mass is 32.2. The molecule has 1 aromatic heterocycles. The lowest BCUT2D eigenvalue weighted by atomic mass is 10.1. The molecule has 2 rings (SSSR count). The van der Waals surface area contributed by atoms with Gasteiger partial charge < -0.3 is 5.73 Å². The minimum absolute atomic E-state index is 0.234. The van der Waals surface area contributed by atoms with Gasteiger partial charge in [0.15, 0.2) is 4.34 Å². The molecule has 1 fully saturated rings. The molecule has 14 heavy (non-hydrogen) atoms. The Morgan fingerprint density at radius 2 is 2.36 bits per heavy atom. The van der Waals surface area contributed by atoms with E-state index in [0.717, 1.165) is 23.6 Å². The quantitative estimate of drug-likeness (QED) is 0.833. The summed E-state index contributed by atoms with van der Waals surface area (Å²) in [7, 11) is 0. The Morgan fingerprint density at radius 1 is 1.50 bits per heavy atom. The standard InChI is InChI=1S/C8H10N4S2/c9-4-5-1-2-6(3-5)13-8-12-11-7(10)14-8/h5-6H,1-3H2,(H2,10,11). The number of nitrogens with two attached hydrogens (primary N) is 1. The molecular weight excluding hydrogens is 216 g/mol. The third-order valence-electron chi connectivity index (χ3n) is 2.26. The summed E-state index contributed by atoms with van der Waals surface area (Å²) in [5, 5.41) is 17.5. The van der Waals surface area contributed by atoms with Crippen LogP contribution in [0.2, 0.25) is 0 Å². The summed E-state index contributed by atoms with van der Waals surface area (Å²) in [5.74, 6) is 0.234. The van der Waals surface area contributed by atoms with Crippen LogP contribution in [-0.4, -0.2) is 15.4 Å². The molecule has 0 aromatic carbocycles. The van der Waals surface area contributed by atoms with Gasteiger partial charge in [0.25, 0.3) is 0 Å². The van der Waals surface area contributed by atoms with Crippen molar-refractivity contribution in [1.29, 1.82) is 5.26 Å². The van der Waals surface area contributed by atoms with Crippen LogP contribution in [0.1, 0.15) is 19.3 Å². The van der Waals surface area contributed by atoms with E-state index in [1.807, 2.05) is 0 Å². The van der Waals surface area contributed by atoms with E-state index in [9.17, 15) is 0 Å². The smallest absolute Gasteiger partial charge is 0.203 e. The maximum absolute atomic E-state index is 8.75. The van der Waals surface area contributed by atoms with Crippen LogP contribution < -0.4 is 5.73 Å². The molecule has 1 aliphatic rings. The Hall–Kier alpha value is -0.800. The Kier molecular flexibility index (Phi) is 2.89. The predicted molar refractivity (Wildman–Crippen MR) is 56.9 cm³/mol. The number of thioether (sulfide) groups is 1. The molecule has 2 N–H and O–H groups in total. The van der Waals surface area contributed by atoms with Crippen LogP contribution in [0.5, 0.6) is 0 Å². The van der Waals surface area contributed by atoms with Gasteiger partial charge in [-0.15, -0.1) is 10.2 Å². The molecule has 1 aliphatic carbocycles. The predicted octanol–water partition coefficient (Wildman–Crippen LogP) is 1.90. The van der Waals surface area contributed by atoms with Crippen LogP contribution in [0, 0.1) is 17.2 Å². The second-order valence-electron chi connectivity index (χ2n) is 3.29. The number of hydrogen-bond acceptors (Lipinski definition) is 6. The summed E-state index contributed by atoms with van der Waals surface area (Å²) in [6.07, 6.45) is 3.09. The lowest BCUT2D eigenvalue weighted by Crippen LogP contribution is -1.95. The first-order valence-corrected chi connectivity index (χ1v) is 6.13. The minimum atomic E-state index is 0.234. The fourth-order valence-corrected chi connectivity index (χ4v) is 3.73. The maximum atomic E-state index is 8.75. The van der Waals surface area contributed by atoms with Crippen molar-refractivity contribution in [1.82, 2.24) is 10.2 Å². The highest BCUT2D eigenvalue weighted by molar-refractivity contribution is 8.01. The largest absolute Gasteiger partial charge is 0.374 e. The molecule has 4 nitrogen and oxygen atoms in total. The average molecular weight is 226 g/mol. The van der Waals surface area contributed by atoms with Crippen molar-refractivity contribution >= 4 is 28.2 Å². The fourth-order valence-electron chi connectivity index (χ4n) is 1.57. The molecule has 0 saturated heterocycles. The number of anilines is 1. The zero-order valence-corrected chi connectivity index (χ0v) is 9.14. The number of rotatable bonds is 2. The Labute approximate surface area is 90.5 Å². The summed E-state index contributed by atoms with van der Waals surface area (Å²) in [6.45, 7) is 0. The molecule has 1 saturated carbocycles.